The summed E-state index contributed by atoms with van der Waals surface area (Å²) in [6, 6.07) is 4.22. The summed E-state index contributed by atoms with van der Waals surface area (Å²) in [6.45, 7) is 2.41. The molecule has 6 nitrogen and oxygen atoms in total. The zero-order chi connectivity index (χ0) is 15.6. The highest BCUT2D eigenvalue weighted by molar-refractivity contribution is 7.90. The van der Waals surface area contributed by atoms with Crippen LogP contribution >= 0.6 is 0 Å². The van der Waals surface area contributed by atoms with E-state index in [2.05, 4.69) is 5.32 Å². The van der Waals surface area contributed by atoms with Crippen LogP contribution in [-0.4, -0.2) is 44.2 Å². The Bertz CT molecular complexity index is 586. The maximum atomic E-state index is 12.2. The summed E-state index contributed by atoms with van der Waals surface area (Å²) < 4.78 is 36.7. The van der Waals surface area contributed by atoms with Gasteiger partial charge in [-0.3, -0.25) is 0 Å². The van der Waals surface area contributed by atoms with E-state index in [0.29, 0.717) is 32.3 Å². The first-order chi connectivity index (χ1) is 10.6. The van der Waals surface area contributed by atoms with Crippen LogP contribution in [0, 0.1) is 0 Å². The van der Waals surface area contributed by atoms with Crippen molar-refractivity contribution in [2.24, 2.45) is 0 Å². The van der Waals surface area contributed by atoms with Crippen molar-refractivity contribution < 1.29 is 17.6 Å². The summed E-state index contributed by atoms with van der Waals surface area (Å²) in [5.74, 6) is 1.71. The maximum absolute atomic E-state index is 12.2. The van der Waals surface area contributed by atoms with E-state index in [1.54, 1.807) is 11.4 Å². The molecule has 0 unspecified atom stereocenters. The lowest BCUT2D eigenvalue weighted by atomic mass is 10.1. The summed E-state index contributed by atoms with van der Waals surface area (Å²) in [4.78, 5) is 0. The summed E-state index contributed by atoms with van der Waals surface area (Å²) >= 11 is 0. The molecular formula is C15H24N2O4S. The van der Waals surface area contributed by atoms with Gasteiger partial charge in [-0.2, -0.15) is 0 Å². The Morgan fingerprint density at radius 3 is 2.55 bits per heavy atom. The van der Waals surface area contributed by atoms with Crippen molar-refractivity contribution in [2.45, 2.75) is 50.1 Å². The van der Waals surface area contributed by atoms with Crippen LogP contribution in [0.1, 0.15) is 37.2 Å². The summed E-state index contributed by atoms with van der Waals surface area (Å²) in [7, 11) is -1.37. The quantitative estimate of drug-likeness (QED) is 0.821. The van der Waals surface area contributed by atoms with Crippen LogP contribution in [0.25, 0.3) is 0 Å². The van der Waals surface area contributed by atoms with Crippen molar-refractivity contribution >= 4 is 10.0 Å². The zero-order valence-electron chi connectivity index (χ0n) is 13.0. The monoisotopic (exact) mass is 328 g/mol. The second-order valence-electron chi connectivity index (χ2n) is 6.10. The van der Waals surface area contributed by atoms with Crippen LogP contribution in [0.2, 0.25) is 0 Å². The lowest BCUT2D eigenvalue weighted by Gasteiger charge is -2.31. The lowest BCUT2D eigenvalue weighted by Crippen LogP contribution is -2.45. The number of nitrogens with one attached hydrogen (secondary N) is 1. The van der Waals surface area contributed by atoms with Crippen LogP contribution in [0.15, 0.2) is 16.5 Å². The zero-order valence-corrected chi connectivity index (χ0v) is 13.8. The van der Waals surface area contributed by atoms with E-state index in [9.17, 15) is 8.42 Å². The van der Waals surface area contributed by atoms with Gasteiger partial charge in [-0.15, -0.1) is 0 Å². The number of ether oxygens (including phenoxy) is 1. The summed E-state index contributed by atoms with van der Waals surface area (Å²) in [5.41, 5.74) is 0. The molecule has 2 heterocycles. The fourth-order valence-electron chi connectivity index (χ4n) is 2.87. The van der Waals surface area contributed by atoms with Crippen LogP contribution in [0.4, 0.5) is 0 Å². The third kappa shape index (κ3) is 3.71. The highest BCUT2D eigenvalue weighted by atomic mass is 32.2. The average Bonchev–Trinajstić information content (AvgIpc) is 3.28. The van der Waals surface area contributed by atoms with Crippen molar-refractivity contribution in [1.29, 1.82) is 0 Å². The van der Waals surface area contributed by atoms with Crippen molar-refractivity contribution in [3.63, 3.8) is 0 Å². The Labute approximate surface area is 131 Å². The normalized spacial score (nSPS) is 21.3. The Hall–Kier alpha value is -0.890. The molecule has 0 radical (unpaired) electrons. The third-order valence-corrected chi connectivity index (χ3v) is 6.73. The van der Waals surface area contributed by atoms with Gasteiger partial charge in [0, 0.05) is 26.2 Å². The highest BCUT2D eigenvalue weighted by Gasteiger charge is 2.41. The molecule has 1 aliphatic heterocycles. The smallest absolute Gasteiger partial charge is 0.216 e. The minimum atomic E-state index is -3.01. The molecule has 0 spiro atoms. The molecule has 1 aromatic heterocycles. The third-order valence-electron chi connectivity index (χ3n) is 4.33. The highest BCUT2D eigenvalue weighted by Crippen LogP contribution is 2.32. The van der Waals surface area contributed by atoms with E-state index < -0.39 is 10.0 Å². The fraction of sp³-hybridized carbons (Fsp3) is 0.733. The number of hydrogen-bond donors (Lipinski definition) is 1. The molecular weight excluding hydrogens is 304 g/mol. The molecule has 1 aliphatic carbocycles. The second kappa shape index (κ2) is 6.70. The van der Waals surface area contributed by atoms with Crippen LogP contribution in [-0.2, 0) is 27.9 Å². The largest absolute Gasteiger partial charge is 0.462 e. The van der Waals surface area contributed by atoms with E-state index in [1.807, 2.05) is 12.1 Å². The Morgan fingerprint density at radius 2 is 1.91 bits per heavy atom. The first kappa shape index (κ1) is 16.0. The minimum absolute atomic E-state index is 0.0978. The SMILES string of the molecule is COCc1ccc(CNC2CCN(S(=O)(=O)C3CC3)CC2)o1. The molecule has 22 heavy (non-hydrogen) atoms. The van der Waals surface area contributed by atoms with Gasteiger partial charge in [-0.25, -0.2) is 12.7 Å². The topological polar surface area (TPSA) is 71.8 Å². The first-order valence-corrected chi connectivity index (χ1v) is 9.39. The number of nitrogens with zero attached hydrogens (tertiary/aromatic N) is 1. The molecule has 0 aromatic carbocycles. The van der Waals surface area contributed by atoms with Crippen LogP contribution in [0.3, 0.4) is 0 Å². The van der Waals surface area contributed by atoms with Gasteiger partial charge in [0.25, 0.3) is 0 Å². The van der Waals surface area contributed by atoms with Crippen molar-refractivity contribution in [3.8, 4) is 0 Å². The molecule has 7 heteroatoms. The molecule has 2 fully saturated rings. The van der Waals surface area contributed by atoms with Crippen molar-refractivity contribution in [1.82, 2.24) is 9.62 Å². The molecule has 1 N–H and O–H groups in total. The summed E-state index contributed by atoms with van der Waals surface area (Å²) in [5, 5.41) is 3.36. The van der Waals surface area contributed by atoms with Gasteiger partial charge in [0.1, 0.15) is 18.1 Å². The van der Waals surface area contributed by atoms with Crippen LogP contribution in [0.5, 0.6) is 0 Å². The summed E-state index contributed by atoms with van der Waals surface area (Å²) in [6.07, 6.45) is 3.39. The van der Waals surface area contributed by atoms with E-state index >= 15 is 0 Å². The van der Waals surface area contributed by atoms with E-state index in [1.165, 1.54) is 0 Å². The lowest BCUT2D eigenvalue weighted by molar-refractivity contribution is 0.162. The van der Waals surface area contributed by atoms with Gasteiger partial charge in [0.15, 0.2) is 0 Å². The number of rotatable bonds is 7. The Balaban J connectivity index is 1.43. The van der Waals surface area contributed by atoms with E-state index in [-0.39, 0.29) is 5.25 Å². The number of piperidine rings is 1. The van der Waals surface area contributed by atoms with E-state index in [0.717, 1.165) is 37.2 Å². The number of hydrogen-bond acceptors (Lipinski definition) is 5. The van der Waals surface area contributed by atoms with Gasteiger partial charge >= 0.3 is 0 Å². The molecule has 0 bridgehead atoms. The Kier molecular flexibility index (Phi) is 4.87. The molecule has 0 amide bonds. The average molecular weight is 328 g/mol. The molecule has 3 rings (SSSR count). The fourth-order valence-corrected chi connectivity index (χ4v) is 4.75. The van der Waals surface area contributed by atoms with Gasteiger partial charge in [-0.05, 0) is 37.8 Å². The number of furan rings is 1. The van der Waals surface area contributed by atoms with Gasteiger partial charge in [-0.1, -0.05) is 0 Å². The second-order valence-corrected chi connectivity index (χ2v) is 8.31. The van der Waals surface area contributed by atoms with Gasteiger partial charge in [0.05, 0.1) is 11.8 Å². The molecule has 2 aliphatic rings. The minimum Gasteiger partial charge on any atom is -0.462 e. The van der Waals surface area contributed by atoms with Crippen LogP contribution < -0.4 is 5.32 Å². The Morgan fingerprint density at radius 1 is 1.23 bits per heavy atom. The first-order valence-electron chi connectivity index (χ1n) is 7.88. The molecule has 124 valence electrons. The standard InChI is InChI=1S/C15H24N2O4S/c1-20-11-14-3-2-13(21-14)10-16-12-6-8-17(9-7-12)22(18,19)15-4-5-15/h2-3,12,15-16H,4-11H2,1H3. The number of sulfonamides is 1. The van der Waals surface area contributed by atoms with Crippen molar-refractivity contribution in [3.05, 3.63) is 23.7 Å². The van der Waals surface area contributed by atoms with Gasteiger partial charge in [0.2, 0.25) is 10.0 Å². The van der Waals surface area contributed by atoms with Crippen molar-refractivity contribution in [2.75, 3.05) is 20.2 Å². The molecule has 1 saturated heterocycles. The predicted molar refractivity (Wildman–Crippen MR) is 82.8 cm³/mol. The molecule has 1 saturated carbocycles. The van der Waals surface area contributed by atoms with E-state index in [4.69, 9.17) is 9.15 Å². The number of methoxy groups -OCH3 is 1. The maximum Gasteiger partial charge on any atom is 0.216 e. The molecule has 0 atom stereocenters. The molecule has 1 aromatic rings. The predicted octanol–water partition coefficient (Wildman–Crippen LogP) is 1.47. The van der Waals surface area contributed by atoms with Gasteiger partial charge < -0.3 is 14.5 Å².